The zero-order valence-corrected chi connectivity index (χ0v) is 8.14. The Kier molecular flexibility index (Phi) is 2.48. The molecule has 1 N–H and O–H groups in total. The highest BCUT2D eigenvalue weighted by molar-refractivity contribution is 5.82. The fraction of sp³-hybridized carbons (Fsp3) is 0.167. The van der Waals surface area contributed by atoms with Gasteiger partial charge in [-0.3, -0.25) is 0 Å². The van der Waals surface area contributed by atoms with Crippen LogP contribution in [0.1, 0.15) is 5.56 Å². The van der Waals surface area contributed by atoms with Crippen molar-refractivity contribution in [3.05, 3.63) is 48.0 Å². The van der Waals surface area contributed by atoms with Crippen LogP contribution in [-0.2, 0) is 6.54 Å². The summed E-state index contributed by atoms with van der Waals surface area (Å²) in [5.41, 5.74) is 1.12. The molecule has 2 heteroatoms. The first-order chi connectivity index (χ1) is 6.75. The SMILES string of the molecule is CN(O)Cc1ccc2ccccc2c1. The predicted molar refractivity (Wildman–Crippen MR) is 57.2 cm³/mol. The van der Waals surface area contributed by atoms with Crippen LogP contribution in [0.25, 0.3) is 10.8 Å². The lowest BCUT2D eigenvalue weighted by Crippen LogP contribution is -2.11. The summed E-state index contributed by atoms with van der Waals surface area (Å²) in [6, 6.07) is 14.4. The van der Waals surface area contributed by atoms with E-state index < -0.39 is 0 Å². The molecule has 2 aromatic carbocycles. The molecular formula is C12H13NO. The van der Waals surface area contributed by atoms with Crippen molar-refractivity contribution in [1.29, 1.82) is 0 Å². The minimum atomic E-state index is 0.560. The molecule has 0 amide bonds. The number of nitrogens with zero attached hydrogens (tertiary/aromatic N) is 1. The quantitative estimate of drug-likeness (QED) is 0.730. The third-order valence-corrected chi connectivity index (χ3v) is 2.23. The van der Waals surface area contributed by atoms with Gasteiger partial charge in [-0.05, 0) is 22.4 Å². The number of hydroxylamine groups is 2. The Morgan fingerprint density at radius 2 is 1.79 bits per heavy atom. The topological polar surface area (TPSA) is 23.5 Å². The number of hydrogen-bond acceptors (Lipinski definition) is 2. The van der Waals surface area contributed by atoms with E-state index in [2.05, 4.69) is 24.3 Å². The van der Waals surface area contributed by atoms with E-state index in [1.54, 1.807) is 7.05 Å². The molecule has 0 saturated heterocycles. The number of rotatable bonds is 2. The van der Waals surface area contributed by atoms with E-state index in [0.717, 1.165) is 5.56 Å². The van der Waals surface area contributed by atoms with Crippen LogP contribution >= 0.6 is 0 Å². The second-order valence-corrected chi connectivity index (χ2v) is 3.50. The van der Waals surface area contributed by atoms with Crippen molar-refractivity contribution < 1.29 is 5.21 Å². The Balaban J connectivity index is 2.41. The van der Waals surface area contributed by atoms with Gasteiger partial charge >= 0.3 is 0 Å². The smallest absolute Gasteiger partial charge is 0.0485 e. The van der Waals surface area contributed by atoms with Crippen LogP contribution in [-0.4, -0.2) is 17.3 Å². The molecule has 0 aliphatic heterocycles. The Hall–Kier alpha value is -1.38. The van der Waals surface area contributed by atoms with Gasteiger partial charge in [-0.1, -0.05) is 36.4 Å². The zero-order valence-electron chi connectivity index (χ0n) is 8.14. The van der Waals surface area contributed by atoms with E-state index in [0.29, 0.717) is 6.54 Å². The van der Waals surface area contributed by atoms with Gasteiger partial charge in [0.05, 0.1) is 0 Å². The van der Waals surface area contributed by atoms with E-state index in [9.17, 15) is 0 Å². The first-order valence-corrected chi connectivity index (χ1v) is 4.63. The van der Waals surface area contributed by atoms with Crippen LogP contribution in [0.5, 0.6) is 0 Å². The molecule has 72 valence electrons. The Morgan fingerprint density at radius 1 is 1.07 bits per heavy atom. The van der Waals surface area contributed by atoms with E-state index in [1.807, 2.05) is 18.2 Å². The highest BCUT2D eigenvalue weighted by Crippen LogP contribution is 2.15. The van der Waals surface area contributed by atoms with E-state index in [1.165, 1.54) is 15.8 Å². The van der Waals surface area contributed by atoms with Crippen molar-refractivity contribution in [3.63, 3.8) is 0 Å². The molecule has 0 bridgehead atoms. The molecule has 0 radical (unpaired) electrons. The average Bonchev–Trinajstić information content (AvgIpc) is 2.17. The van der Waals surface area contributed by atoms with Gasteiger partial charge in [0.1, 0.15) is 0 Å². The maximum Gasteiger partial charge on any atom is 0.0485 e. The van der Waals surface area contributed by atoms with Crippen LogP contribution < -0.4 is 0 Å². The van der Waals surface area contributed by atoms with Crippen molar-refractivity contribution in [2.75, 3.05) is 7.05 Å². The monoisotopic (exact) mass is 187 g/mol. The lowest BCUT2D eigenvalue weighted by Gasteiger charge is -2.08. The number of benzene rings is 2. The summed E-state index contributed by atoms with van der Waals surface area (Å²) >= 11 is 0. The second kappa shape index (κ2) is 3.78. The summed E-state index contributed by atoms with van der Waals surface area (Å²) in [6.07, 6.45) is 0. The molecule has 2 rings (SSSR count). The fourth-order valence-electron chi connectivity index (χ4n) is 1.60. The van der Waals surface area contributed by atoms with Crippen molar-refractivity contribution in [2.45, 2.75) is 6.54 Å². The third kappa shape index (κ3) is 1.92. The molecule has 2 nitrogen and oxygen atoms in total. The van der Waals surface area contributed by atoms with Crippen molar-refractivity contribution in [3.8, 4) is 0 Å². The molecule has 0 heterocycles. The maximum atomic E-state index is 9.11. The van der Waals surface area contributed by atoms with Gasteiger partial charge in [0.25, 0.3) is 0 Å². The molecule has 0 spiro atoms. The van der Waals surface area contributed by atoms with E-state index >= 15 is 0 Å². The summed E-state index contributed by atoms with van der Waals surface area (Å²) in [5, 5.41) is 12.7. The first kappa shape index (κ1) is 9.19. The highest BCUT2D eigenvalue weighted by Gasteiger charge is 1.97. The molecule has 14 heavy (non-hydrogen) atoms. The minimum absolute atomic E-state index is 0.560. The lowest BCUT2D eigenvalue weighted by molar-refractivity contribution is -0.0731. The molecule has 0 atom stereocenters. The van der Waals surface area contributed by atoms with Gasteiger partial charge in [-0.25, -0.2) is 0 Å². The van der Waals surface area contributed by atoms with Gasteiger partial charge < -0.3 is 5.21 Å². The minimum Gasteiger partial charge on any atom is -0.314 e. The zero-order chi connectivity index (χ0) is 9.97. The number of fused-ring (bicyclic) bond motifs is 1. The van der Waals surface area contributed by atoms with Crippen LogP contribution in [0.15, 0.2) is 42.5 Å². The molecule has 2 aromatic rings. The molecule has 0 aromatic heterocycles. The third-order valence-electron chi connectivity index (χ3n) is 2.23. The maximum absolute atomic E-state index is 9.11. The van der Waals surface area contributed by atoms with Gasteiger partial charge in [-0.15, -0.1) is 0 Å². The van der Waals surface area contributed by atoms with E-state index in [4.69, 9.17) is 5.21 Å². The first-order valence-electron chi connectivity index (χ1n) is 4.63. The van der Waals surface area contributed by atoms with Crippen molar-refractivity contribution in [1.82, 2.24) is 5.06 Å². The van der Waals surface area contributed by atoms with Crippen molar-refractivity contribution in [2.24, 2.45) is 0 Å². The highest BCUT2D eigenvalue weighted by atomic mass is 16.5. The van der Waals surface area contributed by atoms with Gasteiger partial charge in [-0.2, -0.15) is 5.06 Å². The molecule has 0 saturated carbocycles. The fourth-order valence-corrected chi connectivity index (χ4v) is 1.60. The largest absolute Gasteiger partial charge is 0.314 e. The standard InChI is InChI=1S/C12H13NO/c1-13(14)9-10-6-7-11-4-2-3-5-12(11)8-10/h2-8,14H,9H2,1H3. The summed E-state index contributed by atoms with van der Waals surface area (Å²) in [5.74, 6) is 0. The lowest BCUT2D eigenvalue weighted by atomic mass is 10.1. The van der Waals surface area contributed by atoms with Crippen LogP contribution in [0.4, 0.5) is 0 Å². The molecule has 0 aliphatic carbocycles. The van der Waals surface area contributed by atoms with Crippen LogP contribution in [0, 0.1) is 0 Å². The van der Waals surface area contributed by atoms with Gasteiger partial charge in [0.15, 0.2) is 0 Å². The van der Waals surface area contributed by atoms with Crippen LogP contribution in [0.3, 0.4) is 0 Å². The molecule has 0 aliphatic rings. The summed E-state index contributed by atoms with van der Waals surface area (Å²) < 4.78 is 0. The summed E-state index contributed by atoms with van der Waals surface area (Å²) in [6.45, 7) is 0.560. The van der Waals surface area contributed by atoms with Crippen molar-refractivity contribution >= 4 is 10.8 Å². The molecular weight excluding hydrogens is 174 g/mol. The van der Waals surface area contributed by atoms with Crippen LogP contribution in [0.2, 0.25) is 0 Å². The Labute approximate surface area is 83.4 Å². The predicted octanol–water partition coefficient (Wildman–Crippen LogP) is 2.66. The summed E-state index contributed by atoms with van der Waals surface area (Å²) in [7, 11) is 1.65. The molecule has 0 fully saturated rings. The Morgan fingerprint density at radius 3 is 2.50 bits per heavy atom. The van der Waals surface area contributed by atoms with E-state index in [-0.39, 0.29) is 0 Å². The van der Waals surface area contributed by atoms with Gasteiger partial charge in [0.2, 0.25) is 0 Å². The summed E-state index contributed by atoms with van der Waals surface area (Å²) in [4.78, 5) is 0. The Bertz CT molecular complexity index is 437. The second-order valence-electron chi connectivity index (χ2n) is 3.50. The molecule has 0 unspecified atom stereocenters. The normalized spacial score (nSPS) is 11.1. The average molecular weight is 187 g/mol. The van der Waals surface area contributed by atoms with Gasteiger partial charge in [0, 0.05) is 13.6 Å². The number of hydrogen-bond donors (Lipinski definition) is 1.